The molecule has 0 aliphatic rings. The maximum Gasteiger partial charge on any atom is 0.308 e. The largest absolute Gasteiger partial charge is 0.507 e. The Balaban J connectivity index is 2.66. The summed E-state index contributed by atoms with van der Waals surface area (Å²) >= 11 is 0. The number of hydrogen-bond acceptors (Lipinski definition) is 3. The zero-order valence-corrected chi connectivity index (χ0v) is 10.5. The summed E-state index contributed by atoms with van der Waals surface area (Å²) < 4.78 is 12.8. The van der Waals surface area contributed by atoms with Gasteiger partial charge in [-0.25, -0.2) is 4.39 Å². The van der Waals surface area contributed by atoms with Crippen LogP contribution in [0.5, 0.6) is 5.75 Å². The Morgan fingerprint density at radius 2 is 2.11 bits per heavy atom. The van der Waals surface area contributed by atoms with Gasteiger partial charge in [-0.3, -0.25) is 9.59 Å². The summed E-state index contributed by atoms with van der Waals surface area (Å²) in [7, 11) is 0. The van der Waals surface area contributed by atoms with Crippen LogP contribution in [0, 0.1) is 11.7 Å². The summed E-state index contributed by atoms with van der Waals surface area (Å²) in [5.74, 6) is -3.40. The lowest BCUT2D eigenvalue weighted by molar-refractivity contribution is -0.141. The van der Waals surface area contributed by atoms with Crippen molar-refractivity contribution >= 4 is 11.9 Å². The standard InChI is InChI=1S/C13H16FNO4/c1-2-3-8(13(18)19)7-15-12(17)10-5-4-9(14)6-11(10)16/h4-6,8,16H,2-3,7H2,1H3,(H,15,17)(H,18,19). The molecule has 0 radical (unpaired) electrons. The number of aromatic hydroxyl groups is 1. The van der Waals surface area contributed by atoms with Gasteiger partial charge in [0.25, 0.3) is 5.91 Å². The number of hydrogen-bond donors (Lipinski definition) is 3. The number of carboxylic acid groups (broad SMARTS) is 1. The van der Waals surface area contributed by atoms with Gasteiger partial charge in [-0.1, -0.05) is 13.3 Å². The molecule has 5 nitrogen and oxygen atoms in total. The molecule has 0 aliphatic heterocycles. The van der Waals surface area contributed by atoms with Crippen LogP contribution in [-0.2, 0) is 4.79 Å². The molecule has 0 saturated heterocycles. The molecule has 1 aromatic rings. The molecule has 3 N–H and O–H groups in total. The van der Waals surface area contributed by atoms with Gasteiger partial charge >= 0.3 is 5.97 Å². The lowest BCUT2D eigenvalue weighted by Gasteiger charge is -2.12. The third-order valence-electron chi connectivity index (χ3n) is 2.70. The minimum atomic E-state index is -0.981. The number of amides is 1. The number of aliphatic carboxylic acids is 1. The Bertz CT molecular complexity index is 476. The first-order valence-electron chi connectivity index (χ1n) is 5.95. The van der Waals surface area contributed by atoms with Gasteiger partial charge in [0.15, 0.2) is 0 Å². The molecule has 1 rings (SSSR count). The average molecular weight is 269 g/mol. The van der Waals surface area contributed by atoms with E-state index in [0.717, 1.165) is 18.2 Å². The third kappa shape index (κ3) is 4.24. The minimum absolute atomic E-state index is 0.0289. The zero-order valence-electron chi connectivity index (χ0n) is 10.5. The fourth-order valence-corrected chi connectivity index (χ4v) is 1.67. The Hall–Kier alpha value is -2.11. The van der Waals surface area contributed by atoms with Gasteiger partial charge in [0, 0.05) is 12.6 Å². The van der Waals surface area contributed by atoms with Crippen LogP contribution >= 0.6 is 0 Å². The van der Waals surface area contributed by atoms with Crippen molar-refractivity contribution in [2.24, 2.45) is 5.92 Å². The number of nitrogens with one attached hydrogen (secondary N) is 1. The van der Waals surface area contributed by atoms with Crippen LogP contribution < -0.4 is 5.32 Å². The molecule has 0 heterocycles. The number of carbonyl (C=O) groups is 2. The first-order valence-corrected chi connectivity index (χ1v) is 5.95. The van der Waals surface area contributed by atoms with Crippen molar-refractivity contribution < 1.29 is 24.2 Å². The van der Waals surface area contributed by atoms with Gasteiger partial charge in [-0.05, 0) is 18.6 Å². The highest BCUT2D eigenvalue weighted by atomic mass is 19.1. The summed E-state index contributed by atoms with van der Waals surface area (Å²) in [4.78, 5) is 22.6. The second-order valence-electron chi connectivity index (χ2n) is 4.20. The minimum Gasteiger partial charge on any atom is -0.507 e. The Morgan fingerprint density at radius 1 is 1.42 bits per heavy atom. The average Bonchev–Trinajstić information content (AvgIpc) is 2.33. The van der Waals surface area contributed by atoms with Crippen LogP contribution in [0.2, 0.25) is 0 Å². The monoisotopic (exact) mass is 269 g/mol. The van der Waals surface area contributed by atoms with Crippen molar-refractivity contribution in [3.8, 4) is 5.75 Å². The van der Waals surface area contributed by atoms with E-state index in [4.69, 9.17) is 5.11 Å². The number of phenolic OH excluding ortho intramolecular Hbond substituents is 1. The molecule has 6 heteroatoms. The topological polar surface area (TPSA) is 86.6 Å². The quantitative estimate of drug-likeness (QED) is 0.734. The fourth-order valence-electron chi connectivity index (χ4n) is 1.67. The molecule has 0 saturated carbocycles. The lowest BCUT2D eigenvalue weighted by atomic mass is 10.0. The number of phenols is 1. The van der Waals surface area contributed by atoms with E-state index in [1.54, 1.807) is 0 Å². The normalized spacial score (nSPS) is 11.9. The first-order chi connectivity index (χ1) is 8.95. The smallest absolute Gasteiger partial charge is 0.308 e. The number of benzene rings is 1. The van der Waals surface area contributed by atoms with Crippen molar-refractivity contribution in [3.63, 3.8) is 0 Å². The van der Waals surface area contributed by atoms with Crippen molar-refractivity contribution in [1.82, 2.24) is 5.32 Å². The molecule has 1 atom stereocenters. The van der Waals surface area contributed by atoms with E-state index in [0.29, 0.717) is 12.8 Å². The summed E-state index contributed by atoms with van der Waals surface area (Å²) in [6.45, 7) is 1.82. The number of rotatable bonds is 6. The number of halogens is 1. The van der Waals surface area contributed by atoms with Crippen molar-refractivity contribution in [3.05, 3.63) is 29.6 Å². The molecule has 1 aromatic carbocycles. The van der Waals surface area contributed by atoms with Crippen molar-refractivity contribution in [2.75, 3.05) is 6.54 Å². The Kier molecular flexibility index (Phi) is 5.29. The molecule has 1 amide bonds. The van der Waals surface area contributed by atoms with E-state index in [1.807, 2.05) is 6.92 Å². The van der Waals surface area contributed by atoms with Gasteiger partial charge in [0.05, 0.1) is 11.5 Å². The van der Waals surface area contributed by atoms with Gasteiger partial charge in [-0.2, -0.15) is 0 Å². The van der Waals surface area contributed by atoms with Gasteiger partial charge in [0.1, 0.15) is 11.6 Å². The highest BCUT2D eigenvalue weighted by Crippen LogP contribution is 2.18. The van der Waals surface area contributed by atoms with E-state index >= 15 is 0 Å². The molecule has 0 aliphatic carbocycles. The van der Waals surface area contributed by atoms with Crippen LogP contribution in [0.3, 0.4) is 0 Å². The molecule has 0 fully saturated rings. The van der Waals surface area contributed by atoms with Crippen LogP contribution in [0.15, 0.2) is 18.2 Å². The highest BCUT2D eigenvalue weighted by molar-refractivity contribution is 5.96. The Morgan fingerprint density at radius 3 is 2.63 bits per heavy atom. The molecular weight excluding hydrogens is 253 g/mol. The second-order valence-corrected chi connectivity index (χ2v) is 4.20. The van der Waals surface area contributed by atoms with E-state index in [-0.39, 0.29) is 12.1 Å². The lowest BCUT2D eigenvalue weighted by Crippen LogP contribution is -2.32. The van der Waals surface area contributed by atoms with Gasteiger partial charge in [0.2, 0.25) is 0 Å². The van der Waals surface area contributed by atoms with E-state index < -0.39 is 29.4 Å². The maximum absolute atomic E-state index is 12.8. The van der Waals surface area contributed by atoms with E-state index in [2.05, 4.69) is 5.32 Å². The van der Waals surface area contributed by atoms with E-state index in [1.165, 1.54) is 0 Å². The summed E-state index contributed by atoms with van der Waals surface area (Å²) in [6.07, 6.45) is 1.14. The Labute approximate surface area is 110 Å². The van der Waals surface area contributed by atoms with Gasteiger partial charge in [-0.15, -0.1) is 0 Å². The first kappa shape index (κ1) is 14.9. The van der Waals surface area contributed by atoms with Crippen LogP contribution in [0.4, 0.5) is 4.39 Å². The molecule has 0 aromatic heterocycles. The molecule has 1 unspecified atom stereocenters. The fraction of sp³-hybridized carbons (Fsp3) is 0.385. The number of carboxylic acids is 1. The molecular formula is C13H16FNO4. The molecule has 0 bridgehead atoms. The van der Waals surface area contributed by atoms with E-state index in [9.17, 15) is 19.1 Å². The molecule has 104 valence electrons. The SMILES string of the molecule is CCCC(CNC(=O)c1ccc(F)cc1O)C(=O)O. The number of carbonyl (C=O) groups excluding carboxylic acids is 1. The molecule has 19 heavy (non-hydrogen) atoms. The van der Waals surface area contributed by atoms with Crippen LogP contribution in [0.1, 0.15) is 30.1 Å². The summed E-state index contributed by atoms with van der Waals surface area (Å²) in [6, 6.07) is 3.03. The summed E-state index contributed by atoms with van der Waals surface area (Å²) in [5, 5.41) is 20.8. The highest BCUT2D eigenvalue weighted by Gasteiger charge is 2.18. The zero-order chi connectivity index (χ0) is 14.4. The maximum atomic E-state index is 12.8. The second kappa shape index (κ2) is 6.72. The predicted octanol–water partition coefficient (Wildman–Crippen LogP) is 1.76. The third-order valence-corrected chi connectivity index (χ3v) is 2.70. The summed E-state index contributed by atoms with van der Waals surface area (Å²) in [5.41, 5.74) is -0.0814. The predicted molar refractivity (Wildman–Crippen MR) is 66.4 cm³/mol. The van der Waals surface area contributed by atoms with Gasteiger partial charge < -0.3 is 15.5 Å². The van der Waals surface area contributed by atoms with Crippen LogP contribution in [-0.4, -0.2) is 28.6 Å². The van der Waals surface area contributed by atoms with Crippen LogP contribution in [0.25, 0.3) is 0 Å². The van der Waals surface area contributed by atoms with Crippen molar-refractivity contribution in [1.29, 1.82) is 0 Å². The van der Waals surface area contributed by atoms with Crippen molar-refractivity contribution in [2.45, 2.75) is 19.8 Å². The molecule has 0 spiro atoms.